The van der Waals surface area contributed by atoms with Gasteiger partial charge in [-0.2, -0.15) is 8.75 Å². The van der Waals surface area contributed by atoms with Gasteiger partial charge in [0.1, 0.15) is 16.0 Å². The Morgan fingerprint density at radius 1 is 1.05 bits per heavy atom. The first kappa shape index (κ1) is 13.3. The molecule has 2 aromatic carbocycles. The van der Waals surface area contributed by atoms with E-state index in [4.69, 9.17) is 0 Å². The Morgan fingerprint density at radius 2 is 1.91 bits per heavy atom. The van der Waals surface area contributed by atoms with Gasteiger partial charge in [0.25, 0.3) is 5.91 Å². The number of nitrogens with one attached hydrogen (secondary N) is 1. The van der Waals surface area contributed by atoms with Crippen molar-refractivity contribution in [3.63, 3.8) is 0 Å². The third kappa shape index (κ3) is 2.34. The Bertz CT molecular complexity index is 943. The number of carbonyl (C=O) groups excluding carboxylic acids is 1. The van der Waals surface area contributed by atoms with Crippen LogP contribution in [0.4, 0.5) is 0 Å². The van der Waals surface area contributed by atoms with E-state index in [1.165, 1.54) is 0 Å². The Hall–Kier alpha value is -2.38. The fourth-order valence-electron chi connectivity index (χ4n) is 2.24. The van der Waals surface area contributed by atoms with Gasteiger partial charge in [0, 0.05) is 0 Å². The second-order valence-electron chi connectivity index (χ2n) is 4.70. The zero-order chi connectivity index (χ0) is 14.9. The van der Waals surface area contributed by atoms with Crippen molar-refractivity contribution in [2.75, 3.05) is 0 Å². The number of nitrogens with zero attached hydrogens (tertiary/aromatic N) is 3. The third-order valence-corrected chi connectivity index (χ3v) is 4.85. The number of para-hydroxylation sites is 1. The lowest BCUT2D eigenvalue weighted by molar-refractivity contribution is 0.0952. The molecule has 2 aromatic heterocycles. The van der Waals surface area contributed by atoms with Crippen molar-refractivity contribution in [3.8, 4) is 0 Å². The molecule has 0 aliphatic heterocycles. The molecule has 1 N–H and O–H groups in total. The minimum Gasteiger partial charge on any atom is -0.345 e. The topological polar surface area (TPSA) is 67.8 Å². The predicted molar refractivity (Wildman–Crippen MR) is 88.2 cm³/mol. The van der Waals surface area contributed by atoms with Crippen LogP contribution in [-0.4, -0.2) is 19.6 Å². The van der Waals surface area contributed by atoms with Gasteiger partial charge >= 0.3 is 0 Å². The SMILES string of the molecule is O=C(NCc1nc2ccccc2s1)c1cccc2nsnc12. The number of rotatable bonds is 3. The maximum atomic E-state index is 12.3. The van der Waals surface area contributed by atoms with Gasteiger partial charge in [-0.25, -0.2) is 4.98 Å². The Morgan fingerprint density at radius 3 is 2.82 bits per heavy atom. The van der Waals surface area contributed by atoms with E-state index in [1.807, 2.05) is 36.4 Å². The molecule has 0 aliphatic rings. The Balaban J connectivity index is 1.56. The van der Waals surface area contributed by atoms with Crippen LogP contribution in [0.25, 0.3) is 21.3 Å². The number of hydrogen-bond donors (Lipinski definition) is 1. The molecule has 22 heavy (non-hydrogen) atoms. The summed E-state index contributed by atoms with van der Waals surface area (Å²) in [6.45, 7) is 0.409. The molecule has 0 fully saturated rings. The van der Waals surface area contributed by atoms with Crippen LogP contribution in [0.3, 0.4) is 0 Å². The highest BCUT2D eigenvalue weighted by molar-refractivity contribution is 7.18. The van der Waals surface area contributed by atoms with Crippen LogP contribution in [0.1, 0.15) is 15.4 Å². The van der Waals surface area contributed by atoms with E-state index in [2.05, 4.69) is 19.0 Å². The smallest absolute Gasteiger partial charge is 0.253 e. The van der Waals surface area contributed by atoms with Gasteiger partial charge in [0.2, 0.25) is 0 Å². The van der Waals surface area contributed by atoms with Gasteiger partial charge in [-0.05, 0) is 24.3 Å². The molecular formula is C15H10N4OS2. The first-order valence-electron chi connectivity index (χ1n) is 6.65. The van der Waals surface area contributed by atoms with E-state index in [0.29, 0.717) is 17.6 Å². The van der Waals surface area contributed by atoms with Crippen molar-refractivity contribution in [1.29, 1.82) is 0 Å². The molecule has 0 saturated heterocycles. The van der Waals surface area contributed by atoms with Crippen LogP contribution in [0.15, 0.2) is 42.5 Å². The van der Waals surface area contributed by atoms with E-state index < -0.39 is 0 Å². The lowest BCUT2D eigenvalue weighted by atomic mass is 10.1. The first-order valence-corrected chi connectivity index (χ1v) is 8.20. The molecule has 108 valence electrons. The maximum Gasteiger partial charge on any atom is 0.253 e. The summed E-state index contributed by atoms with van der Waals surface area (Å²) in [6.07, 6.45) is 0. The zero-order valence-electron chi connectivity index (χ0n) is 11.3. The highest BCUT2D eigenvalue weighted by Crippen LogP contribution is 2.21. The molecule has 0 aliphatic carbocycles. The van der Waals surface area contributed by atoms with Crippen molar-refractivity contribution in [3.05, 3.63) is 53.0 Å². The second-order valence-corrected chi connectivity index (χ2v) is 6.34. The Kier molecular flexibility index (Phi) is 3.28. The lowest BCUT2D eigenvalue weighted by Crippen LogP contribution is -2.22. The summed E-state index contributed by atoms with van der Waals surface area (Å²) in [5.41, 5.74) is 2.90. The highest BCUT2D eigenvalue weighted by atomic mass is 32.1. The summed E-state index contributed by atoms with van der Waals surface area (Å²) >= 11 is 2.70. The van der Waals surface area contributed by atoms with Crippen molar-refractivity contribution >= 4 is 50.2 Å². The minimum absolute atomic E-state index is 0.155. The van der Waals surface area contributed by atoms with Crippen molar-refractivity contribution in [1.82, 2.24) is 19.0 Å². The molecule has 0 radical (unpaired) electrons. The fourth-order valence-corrected chi connectivity index (χ4v) is 3.69. The number of aromatic nitrogens is 3. The number of carbonyl (C=O) groups is 1. The van der Waals surface area contributed by atoms with Gasteiger partial charge in [0.15, 0.2) is 0 Å². The largest absolute Gasteiger partial charge is 0.345 e. The molecule has 0 spiro atoms. The summed E-state index contributed by atoms with van der Waals surface area (Å²) in [5.74, 6) is -0.155. The minimum atomic E-state index is -0.155. The number of thiazole rings is 1. The van der Waals surface area contributed by atoms with Crippen LogP contribution in [0.5, 0.6) is 0 Å². The first-order chi connectivity index (χ1) is 10.8. The average Bonchev–Trinajstić information content (AvgIpc) is 3.18. The van der Waals surface area contributed by atoms with E-state index in [-0.39, 0.29) is 5.91 Å². The van der Waals surface area contributed by atoms with Crippen molar-refractivity contribution in [2.45, 2.75) is 6.54 Å². The molecule has 2 heterocycles. The summed E-state index contributed by atoms with van der Waals surface area (Å²) in [5, 5.41) is 3.79. The molecule has 1 amide bonds. The number of amides is 1. The van der Waals surface area contributed by atoms with Crippen LogP contribution in [0, 0.1) is 0 Å². The van der Waals surface area contributed by atoms with E-state index in [1.54, 1.807) is 17.4 Å². The molecule has 0 bridgehead atoms. The molecule has 4 rings (SSSR count). The second kappa shape index (κ2) is 5.43. The molecule has 0 saturated carbocycles. The third-order valence-electron chi connectivity index (χ3n) is 3.27. The quantitative estimate of drug-likeness (QED) is 0.627. The average molecular weight is 326 g/mol. The fraction of sp³-hybridized carbons (Fsp3) is 0.0667. The van der Waals surface area contributed by atoms with Gasteiger partial charge < -0.3 is 5.32 Å². The predicted octanol–water partition coefficient (Wildman–Crippen LogP) is 3.23. The van der Waals surface area contributed by atoms with Crippen LogP contribution in [-0.2, 0) is 6.54 Å². The number of hydrogen-bond acceptors (Lipinski definition) is 6. The number of fused-ring (bicyclic) bond motifs is 2. The van der Waals surface area contributed by atoms with Crippen LogP contribution < -0.4 is 5.32 Å². The molecule has 0 atom stereocenters. The van der Waals surface area contributed by atoms with Crippen molar-refractivity contribution < 1.29 is 4.79 Å². The normalized spacial score (nSPS) is 11.1. The lowest BCUT2D eigenvalue weighted by Gasteiger charge is -2.03. The van der Waals surface area contributed by atoms with E-state index in [0.717, 1.165) is 32.5 Å². The standard InChI is InChI=1S/C15H10N4OS2/c20-15(9-4-3-6-11-14(9)19-22-18-11)16-8-13-17-10-5-1-2-7-12(10)21-13/h1-7H,8H2,(H,16,20). The highest BCUT2D eigenvalue weighted by Gasteiger charge is 2.13. The molecular weight excluding hydrogens is 316 g/mol. The van der Waals surface area contributed by atoms with E-state index >= 15 is 0 Å². The van der Waals surface area contributed by atoms with Crippen molar-refractivity contribution in [2.24, 2.45) is 0 Å². The monoisotopic (exact) mass is 326 g/mol. The van der Waals surface area contributed by atoms with Gasteiger partial charge in [-0.15, -0.1) is 11.3 Å². The zero-order valence-corrected chi connectivity index (χ0v) is 12.9. The Labute approximate surface area is 134 Å². The van der Waals surface area contributed by atoms with Gasteiger partial charge in [-0.1, -0.05) is 18.2 Å². The number of benzene rings is 2. The molecule has 7 heteroatoms. The van der Waals surface area contributed by atoms with Gasteiger partial charge in [0.05, 0.1) is 34.1 Å². The summed E-state index contributed by atoms with van der Waals surface area (Å²) in [4.78, 5) is 16.9. The van der Waals surface area contributed by atoms with Gasteiger partial charge in [-0.3, -0.25) is 4.79 Å². The maximum absolute atomic E-state index is 12.3. The molecule has 0 unspecified atom stereocenters. The summed E-state index contributed by atoms with van der Waals surface area (Å²) in [7, 11) is 0. The van der Waals surface area contributed by atoms with Crippen LogP contribution >= 0.6 is 23.1 Å². The van der Waals surface area contributed by atoms with Crippen LogP contribution in [0.2, 0.25) is 0 Å². The molecule has 5 nitrogen and oxygen atoms in total. The summed E-state index contributed by atoms with van der Waals surface area (Å²) in [6, 6.07) is 13.4. The molecule has 4 aromatic rings. The van der Waals surface area contributed by atoms with E-state index in [9.17, 15) is 4.79 Å². The summed E-state index contributed by atoms with van der Waals surface area (Å²) < 4.78 is 9.46.